The highest BCUT2D eigenvalue weighted by atomic mass is 32.2. The molecular weight excluding hydrogens is 310 g/mol. The van der Waals surface area contributed by atoms with Gasteiger partial charge in [0.2, 0.25) is 0 Å². The number of nitrogens with one attached hydrogen (secondary N) is 2. The van der Waals surface area contributed by atoms with Gasteiger partial charge in [-0.05, 0) is 44.2 Å². The van der Waals surface area contributed by atoms with Crippen molar-refractivity contribution in [2.75, 3.05) is 33.5 Å². The highest BCUT2D eigenvalue weighted by Gasteiger charge is 2.15. The molecule has 0 aliphatic carbocycles. The van der Waals surface area contributed by atoms with E-state index in [9.17, 15) is 4.79 Å². The summed E-state index contributed by atoms with van der Waals surface area (Å²) in [5.41, 5.74) is 1.73. The molecular formula is C17H27N3O2S. The quantitative estimate of drug-likeness (QED) is 0.454. The number of esters is 1. The van der Waals surface area contributed by atoms with E-state index in [4.69, 9.17) is 0 Å². The first-order valence-corrected chi connectivity index (χ1v) is 8.81. The zero-order chi connectivity index (χ0) is 17.3. The van der Waals surface area contributed by atoms with E-state index in [0.717, 1.165) is 31.0 Å². The third kappa shape index (κ3) is 6.95. The van der Waals surface area contributed by atoms with E-state index in [1.807, 2.05) is 23.9 Å². The fourth-order valence-corrected chi connectivity index (χ4v) is 2.06. The Morgan fingerprint density at radius 1 is 1.26 bits per heavy atom. The van der Waals surface area contributed by atoms with Crippen LogP contribution in [0, 0.1) is 0 Å². The molecule has 0 heterocycles. The summed E-state index contributed by atoms with van der Waals surface area (Å²) in [7, 11) is 3.16. The summed E-state index contributed by atoms with van der Waals surface area (Å²) in [5, 5.41) is 6.64. The van der Waals surface area contributed by atoms with Crippen molar-refractivity contribution in [1.82, 2.24) is 10.6 Å². The Bertz CT molecular complexity index is 527. The summed E-state index contributed by atoms with van der Waals surface area (Å²) in [6.07, 6.45) is 2.96. The lowest BCUT2D eigenvalue weighted by Crippen LogP contribution is -2.43. The van der Waals surface area contributed by atoms with Crippen molar-refractivity contribution in [2.45, 2.75) is 25.0 Å². The number of carbonyl (C=O) groups excluding carboxylic acids is 1. The number of ether oxygens (including phenoxy) is 1. The summed E-state index contributed by atoms with van der Waals surface area (Å²) in [6, 6.07) is 7.46. The minimum atomic E-state index is -0.310. The predicted molar refractivity (Wildman–Crippen MR) is 98.4 cm³/mol. The van der Waals surface area contributed by atoms with Crippen molar-refractivity contribution in [1.29, 1.82) is 0 Å². The molecule has 0 aromatic heterocycles. The van der Waals surface area contributed by atoms with Crippen molar-refractivity contribution in [2.24, 2.45) is 4.99 Å². The Balaban J connectivity index is 2.41. The maximum atomic E-state index is 11.4. The van der Waals surface area contributed by atoms with Gasteiger partial charge >= 0.3 is 5.97 Å². The average Bonchev–Trinajstić information content (AvgIpc) is 2.57. The van der Waals surface area contributed by atoms with E-state index in [1.54, 1.807) is 19.2 Å². The summed E-state index contributed by atoms with van der Waals surface area (Å²) >= 11 is 1.82. The van der Waals surface area contributed by atoms with Crippen molar-refractivity contribution in [3.05, 3.63) is 35.4 Å². The van der Waals surface area contributed by atoms with Crippen LogP contribution in [0.1, 0.15) is 29.8 Å². The molecule has 0 fully saturated rings. The molecule has 2 N–H and O–H groups in total. The molecule has 0 atom stereocenters. The van der Waals surface area contributed by atoms with Gasteiger partial charge in [-0.25, -0.2) is 4.79 Å². The van der Waals surface area contributed by atoms with Crippen LogP contribution in [-0.2, 0) is 11.2 Å². The highest BCUT2D eigenvalue weighted by molar-refractivity contribution is 7.99. The Morgan fingerprint density at radius 3 is 2.43 bits per heavy atom. The molecule has 0 radical (unpaired) electrons. The molecule has 23 heavy (non-hydrogen) atoms. The Morgan fingerprint density at radius 2 is 1.91 bits per heavy atom. The third-order valence-corrected chi connectivity index (χ3v) is 4.79. The van der Waals surface area contributed by atoms with Crippen LogP contribution in [0.4, 0.5) is 0 Å². The molecule has 0 saturated carbocycles. The number of hydrogen-bond acceptors (Lipinski definition) is 4. The number of nitrogens with zero attached hydrogens (tertiary/aromatic N) is 1. The van der Waals surface area contributed by atoms with Gasteiger partial charge in [-0.15, -0.1) is 0 Å². The molecule has 1 rings (SSSR count). The number of thioether (sulfide) groups is 1. The fraction of sp³-hybridized carbons (Fsp3) is 0.529. The number of benzene rings is 1. The Hall–Kier alpha value is -1.69. The first-order chi connectivity index (χ1) is 10.9. The van der Waals surface area contributed by atoms with E-state index in [-0.39, 0.29) is 10.7 Å². The Labute approximate surface area is 143 Å². The lowest BCUT2D eigenvalue weighted by atomic mass is 10.1. The van der Waals surface area contributed by atoms with Gasteiger partial charge < -0.3 is 15.4 Å². The van der Waals surface area contributed by atoms with Crippen LogP contribution in [0.2, 0.25) is 0 Å². The normalized spacial score (nSPS) is 12.0. The smallest absolute Gasteiger partial charge is 0.337 e. The number of hydrogen-bond donors (Lipinski definition) is 2. The Kier molecular flexibility index (Phi) is 7.95. The van der Waals surface area contributed by atoms with Crippen molar-refractivity contribution in [3.8, 4) is 0 Å². The largest absolute Gasteiger partial charge is 0.465 e. The van der Waals surface area contributed by atoms with Gasteiger partial charge in [-0.3, -0.25) is 4.99 Å². The first-order valence-electron chi connectivity index (χ1n) is 7.59. The van der Waals surface area contributed by atoms with Crippen LogP contribution < -0.4 is 10.6 Å². The summed E-state index contributed by atoms with van der Waals surface area (Å²) in [6.45, 7) is 6.01. The molecule has 0 saturated heterocycles. The molecule has 0 amide bonds. The van der Waals surface area contributed by atoms with Gasteiger partial charge in [-0.1, -0.05) is 12.1 Å². The molecule has 5 nitrogen and oxygen atoms in total. The van der Waals surface area contributed by atoms with Gasteiger partial charge in [0.05, 0.1) is 12.7 Å². The van der Waals surface area contributed by atoms with Crippen molar-refractivity contribution >= 4 is 23.7 Å². The molecule has 1 aromatic rings. The van der Waals surface area contributed by atoms with E-state index in [0.29, 0.717) is 5.56 Å². The van der Waals surface area contributed by atoms with Gasteiger partial charge in [0.1, 0.15) is 0 Å². The van der Waals surface area contributed by atoms with Crippen molar-refractivity contribution in [3.63, 3.8) is 0 Å². The SMILES string of the molecule is CN=C(NCCc1ccc(C(=O)OC)cc1)NCC(C)(C)SC. The van der Waals surface area contributed by atoms with E-state index >= 15 is 0 Å². The number of carbonyl (C=O) groups is 1. The summed E-state index contributed by atoms with van der Waals surface area (Å²) in [5.74, 6) is 0.494. The molecule has 1 aromatic carbocycles. The van der Waals surface area contributed by atoms with Crippen LogP contribution in [0.5, 0.6) is 0 Å². The maximum absolute atomic E-state index is 11.4. The second-order valence-corrected chi connectivity index (χ2v) is 7.27. The monoisotopic (exact) mass is 337 g/mol. The molecule has 0 spiro atoms. The number of rotatable bonds is 7. The first kappa shape index (κ1) is 19.4. The highest BCUT2D eigenvalue weighted by Crippen LogP contribution is 2.19. The maximum Gasteiger partial charge on any atom is 0.337 e. The van der Waals surface area contributed by atoms with Crippen LogP contribution in [0.25, 0.3) is 0 Å². The van der Waals surface area contributed by atoms with Crippen LogP contribution in [0.15, 0.2) is 29.3 Å². The minimum Gasteiger partial charge on any atom is -0.465 e. The zero-order valence-electron chi connectivity index (χ0n) is 14.6. The van der Waals surface area contributed by atoms with Crippen LogP contribution in [0.3, 0.4) is 0 Å². The molecule has 0 bridgehead atoms. The van der Waals surface area contributed by atoms with Gasteiger partial charge in [0.25, 0.3) is 0 Å². The van der Waals surface area contributed by atoms with Crippen molar-refractivity contribution < 1.29 is 9.53 Å². The van der Waals surface area contributed by atoms with Crippen LogP contribution >= 0.6 is 11.8 Å². The van der Waals surface area contributed by atoms with E-state index < -0.39 is 0 Å². The second kappa shape index (κ2) is 9.45. The summed E-state index contributed by atoms with van der Waals surface area (Å²) < 4.78 is 4.86. The molecule has 0 aliphatic rings. The van der Waals surface area contributed by atoms with Crippen LogP contribution in [-0.4, -0.2) is 50.2 Å². The topological polar surface area (TPSA) is 62.7 Å². The number of methoxy groups -OCH3 is 1. The number of aliphatic imine (C=N–C) groups is 1. The fourth-order valence-electron chi connectivity index (χ4n) is 1.84. The molecule has 0 aliphatic heterocycles. The molecule has 6 heteroatoms. The van der Waals surface area contributed by atoms with Gasteiger partial charge in [0.15, 0.2) is 5.96 Å². The third-order valence-electron chi connectivity index (χ3n) is 3.54. The van der Waals surface area contributed by atoms with Gasteiger partial charge in [-0.2, -0.15) is 11.8 Å². The zero-order valence-corrected chi connectivity index (χ0v) is 15.4. The van der Waals surface area contributed by atoms with E-state index in [1.165, 1.54) is 7.11 Å². The average molecular weight is 337 g/mol. The number of guanidine groups is 1. The lowest BCUT2D eigenvalue weighted by Gasteiger charge is -2.23. The van der Waals surface area contributed by atoms with Gasteiger partial charge in [0, 0.05) is 24.9 Å². The summed E-state index contributed by atoms with van der Waals surface area (Å²) in [4.78, 5) is 15.6. The predicted octanol–water partition coefficient (Wildman–Crippen LogP) is 2.32. The standard InChI is InChI=1S/C17H27N3O2S/c1-17(2,23-5)12-20-16(18-3)19-11-10-13-6-8-14(9-7-13)15(21)22-4/h6-9H,10-12H2,1-5H3,(H2,18,19,20). The lowest BCUT2D eigenvalue weighted by molar-refractivity contribution is 0.0600. The van der Waals surface area contributed by atoms with E-state index in [2.05, 4.69) is 40.5 Å². The second-order valence-electron chi connectivity index (χ2n) is 5.75. The molecule has 0 unspecified atom stereocenters. The minimum absolute atomic E-state index is 0.168. The molecule has 128 valence electrons.